The number of hydrogen-bond donors (Lipinski definition) is 3. The third-order valence-corrected chi connectivity index (χ3v) is 7.44. The topological polar surface area (TPSA) is 114 Å². The average molecular weight is 627 g/mol. The van der Waals surface area contributed by atoms with Crippen molar-refractivity contribution < 1.29 is 29.0 Å². The number of esters is 1. The van der Waals surface area contributed by atoms with Crippen molar-refractivity contribution >= 4 is 17.8 Å². The zero-order chi connectivity index (χ0) is 33.0. The number of amides is 2. The van der Waals surface area contributed by atoms with E-state index < -0.39 is 18.1 Å². The lowest BCUT2D eigenvalue weighted by Gasteiger charge is -2.22. The van der Waals surface area contributed by atoms with E-state index in [0.29, 0.717) is 19.4 Å². The van der Waals surface area contributed by atoms with Gasteiger partial charge in [-0.15, -0.1) is 13.2 Å². The van der Waals surface area contributed by atoms with E-state index in [0.717, 1.165) is 35.3 Å². The summed E-state index contributed by atoms with van der Waals surface area (Å²) in [6.45, 7) is 7.72. The molecule has 0 saturated carbocycles. The fourth-order valence-corrected chi connectivity index (χ4v) is 4.91. The zero-order valence-electron chi connectivity index (χ0n) is 26.4. The maximum absolute atomic E-state index is 13.2. The lowest BCUT2D eigenvalue weighted by molar-refractivity contribution is -0.150. The van der Waals surface area contributed by atoms with Crippen LogP contribution in [0, 0.1) is 5.92 Å². The highest BCUT2D eigenvalue weighted by molar-refractivity contribution is 5.86. The Balaban J connectivity index is 1.51. The van der Waals surface area contributed by atoms with Gasteiger partial charge in [-0.25, -0.2) is 0 Å². The number of unbranched alkanes of at least 4 members (excludes halogenated alkanes) is 2. The molecule has 0 heterocycles. The van der Waals surface area contributed by atoms with Gasteiger partial charge in [0.25, 0.3) is 0 Å². The molecule has 46 heavy (non-hydrogen) atoms. The Hall–Kier alpha value is -4.69. The SMILES string of the molecule is C=CCCCCC(=O)O[C@@H](CNC(=O)[C@@H](CC=C)CC(=O)N[C@H](CO)Cc1ccc(OCc2ccccc2)cc1)c1ccccc1. The maximum Gasteiger partial charge on any atom is 0.306 e. The first-order valence-electron chi connectivity index (χ1n) is 15.8. The summed E-state index contributed by atoms with van der Waals surface area (Å²) in [5.41, 5.74) is 2.76. The fourth-order valence-electron chi connectivity index (χ4n) is 4.91. The van der Waals surface area contributed by atoms with Crippen molar-refractivity contribution in [2.24, 2.45) is 5.92 Å². The van der Waals surface area contributed by atoms with Crippen LogP contribution in [0.15, 0.2) is 110 Å². The fraction of sp³-hybridized carbons (Fsp3) is 0.342. The Morgan fingerprint density at radius 3 is 2.20 bits per heavy atom. The Bertz CT molecular complexity index is 1360. The van der Waals surface area contributed by atoms with E-state index in [-0.39, 0.29) is 50.2 Å². The molecule has 2 amide bonds. The third kappa shape index (κ3) is 13.1. The maximum atomic E-state index is 13.2. The van der Waals surface area contributed by atoms with Gasteiger partial charge in [0.05, 0.1) is 25.1 Å². The van der Waals surface area contributed by atoms with Crippen LogP contribution in [0.3, 0.4) is 0 Å². The minimum Gasteiger partial charge on any atom is -0.489 e. The number of allylic oxidation sites excluding steroid dienone is 2. The van der Waals surface area contributed by atoms with Crippen molar-refractivity contribution in [1.29, 1.82) is 0 Å². The van der Waals surface area contributed by atoms with Crippen LogP contribution < -0.4 is 15.4 Å². The van der Waals surface area contributed by atoms with E-state index in [4.69, 9.17) is 9.47 Å². The molecule has 0 radical (unpaired) electrons. The molecule has 0 saturated heterocycles. The smallest absolute Gasteiger partial charge is 0.306 e. The molecule has 0 unspecified atom stereocenters. The zero-order valence-corrected chi connectivity index (χ0v) is 26.4. The molecular weight excluding hydrogens is 580 g/mol. The van der Waals surface area contributed by atoms with E-state index in [1.165, 1.54) is 0 Å². The number of benzene rings is 3. The number of carbonyl (C=O) groups excluding carboxylic acids is 3. The lowest BCUT2D eigenvalue weighted by Crippen LogP contribution is -2.42. The second-order valence-corrected chi connectivity index (χ2v) is 11.2. The number of aliphatic hydroxyl groups excluding tert-OH is 1. The second-order valence-electron chi connectivity index (χ2n) is 11.2. The van der Waals surface area contributed by atoms with Gasteiger partial charge >= 0.3 is 5.97 Å². The van der Waals surface area contributed by atoms with Gasteiger partial charge in [-0.1, -0.05) is 84.9 Å². The molecule has 0 aromatic heterocycles. The first kappa shape index (κ1) is 35.8. The number of rotatable bonds is 21. The molecule has 0 aliphatic heterocycles. The van der Waals surface area contributed by atoms with Crippen LogP contribution in [0.1, 0.15) is 61.3 Å². The summed E-state index contributed by atoms with van der Waals surface area (Å²) >= 11 is 0. The largest absolute Gasteiger partial charge is 0.489 e. The highest BCUT2D eigenvalue weighted by Gasteiger charge is 2.24. The van der Waals surface area contributed by atoms with Crippen molar-refractivity contribution in [3.63, 3.8) is 0 Å². The predicted octanol–water partition coefficient (Wildman–Crippen LogP) is 6.01. The standard InChI is InChI=1S/C38H46N2O6/c1-3-5-6-13-19-37(43)46-35(31-17-11-8-12-18-31)26-39-38(44)32(14-4-2)25-36(42)40-33(27-41)24-29-20-22-34(23-21-29)45-28-30-15-9-7-10-16-30/h3-4,7-12,15-18,20-23,32-33,35,41H,1-2,5-6,13-14,19,24-28H2,(H,39,44)(H,40,42)/t32-,33-,35-/m0/s1. The van der Waals surface area contributed by atoms with Crippen LogP contribution in [0.4, 0.5) is 0 Å². The quantitative estimate of drug-likeness (QED) is 0.0758. The van der Waals surface area contributed by atoms with Gasteiger partial charge in [0.15, 0.2) is 0 Å². The van der Waals surface area contributed by atoms with Gasteiger partial charge in [-0.05, 0) is 60.9 Å². The van der Waals surface area contributed by atoms with Crippen LogP contribution in [-0.2, 0) is 32.1 Å². The molecule has 8 heteroatoms. The van der Waals surface area contributed by atoms with E-state index in [9.17, 15) is 19.5 Å². The molecule has 3 N–H and O–H groups in total. The van der Waals surface area contributed by atoms with Crippen molar-refractivity contribution in [1.82, 2.24) is 10.6 Å². The van der Waals surface area contributed by atoms with Gasteiger partial charge in [-0.3, -0.25) is 14.4 Å². The van der Waals surface area contributed by atoms with E-state index >= 15 is 0 Å². The molecule has 8 nitrogen and oxygen atoms in total. The summed E-state index contributed by atoms with van der Waals surface area (Å²) in [7, 11) is 0. The minimum absolute atomic E-state index is 0.0703. The predicted molar refractivity (Wildman–Crippen MR) is 180 cm³/mol. The van der Waals surface area contributed by atoms with Gasteiger partial charge < -0.3 is 25.2 Å². The van der Waals surface area contributed by atoms with Crippen LogP contribution in [0.2, 0.25) is 0 Å². The van der Waals surface area contributed by atoms with Crippen molar-refractivity contribution in [2.45, 2.75) is 63.7 Å². The molecule has 0 aliphatic carbocycles. The van der Waals surface area contributed by atoms with Crippen LogP contribution in [0.5, 0.6) is 5.75 Å². The van der Waals surface area contributed by atoms with Crippen LogP contribution in [0.25, 0.3) is 0 Å². The first-order chi connectivity index (χ1) is 22.4. The molecule has 0 fully saturated rings. The Labute approximate surface area is 272 Å². The molecule has 3 aromatic rings. The summed E-state index contributed by atoms with van der Waals surface area (Å²) in [6, 6.07) is 26.1. The molecule has 0 bridgehead atoms. The summed E-state index contributed by atoms with van der Waals surface area (Å²) in [5.74, 6) is -0.982. The van der Waals surface area contributed by atoms with Crippen molar-refractivity contribution in [3.05, 3.63) is 127 Å². The Morgan fingerprint density at radius 2 is 1.54 bits per heavy atom. The highest BCUT2D eigenvalue weighted by Crippen LogP contribution is 2.20. The summed E-state index contributed by atoms with van der Waals surface area (Å²) in [4.78, 5) is 38.7. The average Bonchev–Trinajstić information content (AvgIpc) is 3.08. The van der Waals surface area contributed by atoms with Gasteiger partial charge in [-0.2, -0.15) is 0 Å². The van der Waals surface area contributed by atoms with E-state index in [1.807, 2.05) is 91.0 Å². The minimum atomic E-state index is -0.677. The molecule has 3 atom stereocenters. The third-order valence-electron chi connectivity index (χ3n) is 7.44. The van der Waals surface area contributed by atoms with Crippen molar-refractivity contribution in [2.75, 3.05) is 13.2 Å². The van der Waals surface area contributed by atoms with Gasteiger partial charge in [0, 0.05) is 12.8 Å². The molecule has 244 valence electrons. The summed E-state index contributed by atoms with van der Waals surface area (Å²) < 4.78 is 11.6. The number of hydrogen-bond acceptors (Lipinski definition) is 6. The normalized spacial score (nSPS) is 12.6. The molecule has 3 rings (SSSR count). The van der Waals surface area contributed by atoms with Gasteiger partial charge in [0.1, 0.15) is 18.5 Å². The second kappa shape index (κ2) is 20.4. The molecule has 0 aliphatic rings. The van der Waals surface area contributed by atoms with E-state index in [1.54, 1.807) is 6.08 Å². The monoisotopic (exact) mass is 626 g/mol. The molecular formula is C38H46N2O6. The number of ether oxygens (including phenoxy) is 2. The van der Waals surface area contributed by atoms with Crippen LogP contribution >= 0.6 is 0 Å². The molecule has 0 spiro atoms. The van der Waals surface area contributed by atoms with E-state index in [2.05, 4.69) is 23.8 Å². The number of carbonyl (C=O) groups is 3. The van der Waals surface area contributed by atoms with Crippen molar-refractivity contribution in [3.8, 4) is 5.75 Å². The van der Waals surface area contributed by atoms with Gasteiger partial charge in [0.2, 0.25) is 11.8 Å². The Morgan fingerprint density at radius 1 is 0.848 bits per heavy atom. The first-order valence-corrected chi connectivity index (χ1v) is 15.8. The Kier molecular flexibility index (Phi) is 15.8. The number of nitrogens with one attached hydrogen (secondary N) is 2. The molecule has 3 aromatic carbocycles. The van der Waals surface area contributed by atoms with Crippen LogP contribution in [-0.4, -0.2) is 42.1 Å². The highest BCUT2D eigenvalue weighted by atomic mass is 16.5. The summed E-state index contributed by atoms with van der Waals surface area (Å²) in [5, 5.41) is 15.7. The number of aliphatic hydroxyl groups is 1. The lowest BCUT2D eigenvalue weighted by atomic mass is 9.98. The summed E-state index contributed by atoms with van der Waals surface area (Å²) in [6.07, 6.45) is 6.03.